The van der Waals surface area contributed by atoms with Crippen molar-refractivity contribution in [2.24, 2.45) is 0 Å². The van der Waals surface area contributed by atoms with E-state index in [9.17, 15) is 13.2 Å². The fourth-order valence-electron chi connectivity index (χ4n) is 3.46. The zero-order chi connectivity index (χ0) is 22.6. The average Bonchev–Trinajstić information content (AvgIpc) is 3.22. The van der Waals surface area contributed by atoms with E-state index in [0.717, 1.165) is 24.0 Å². The Balaban J connectivity index is 0.00000306. The third kappa shape index (κ3) is 6.42. The topological polar surface area (TPSA) is 89.0 Å². The van der Waals surface area contributed by atoms with Gasteiger partial charge in [-0.15, -0.1) is 12.4 Å². The van der Waals surface area contributed by atoms with Crippen LogP contribution in [0.1, 0.15) is 0 Å². The van der Waals surface area contributed by atoms with Crippen LogP contribution in [0.25, 0.3) is 10.2 Å². The van der Waals surface area contributed by atoms with Crippen molar-refractivity contribution in [3.05, 3.63) is 48.5 Å². The van der Waals surface area contributed by atoms with Crippen molar-refractivity contribution in [3.63, 3.8) is 0 Å². The summed E-state index contributed by atoms with van der Waals surface area (Å²) in [6, 6.07) is 14.2. The molecule has 0 aliphatic carbocycles. The number of benzene rings is 2. The summed E-state index contributed by atoms with van der Waals surface area (Å²) >= 11 is 1.30. The van der Waals surface area contributed by atoms with E-state index in [0.29, 0.717) is 42.7 Å². The first-order valence-corrected chi connectivity index (χ1v) is 13.0. The maximum absolute atomic E-state index is 13.2. The van der Waals surface area contributed by atoms with Gasteiger partial charge >= 0.3 is 0 Å². The van der Waals surface area contributed by atoms with Gasteiger partial charge in [0.25, 0.3) is 5.91 Å². The number of para-hydroxylation sites is 2. The van der Waals surface area contributed by atoms with Crippen LogP contribution in [0, 0.1) is 0 Å². The van der Waals surface area contributed by atoms with Gasteiger partial charge in [0.2, 0.25) is 0 Å². The fourth-order valence-corrected chi connectivity index (χ4v) is 5.39. The summed E-state index contributed by atoms with van der Waals surface area (Å²) in [4.78, 5) is 21.7. The molecule has 11 heteroatoms. The summed E-state index contributed by atoms with van der Waals surface area (Å²) in [6.45, 7) is 3.90. The van der Waals surface area contributed by atoms with Gasteiger partial charge in [0.1, 0.15) is 11.3 Å². The number of hydrogen-bond donors (Lipinski definition) is 0. The normalized spacial score (nSPS) is 14.6. The molecule has 0 radical (unpaired) electrons. The van der Waals surface area contributed by atoms with Crippen LogP contribution in [-0.4, -0.2) is 76.5 Å². The van der Waals surface area contributed by atoms with E-state index < -0.39 is 9.84 Å². The Bertz CT molecular complexity index is 1180. The Morgan fingerprint density at radius 2 is 1.88 bits per heavy atom. The van der Waals surface area contributed by atoms with Crippen LogP contribution in [0.5, 0.6) is 5.75 Å². The molecule has 0 N–H and O–H groups in total. The number of thiazole rings is 1. The van der Waals surface area contributed by atoms with Crippen molar-refractivity contribution >= 4 is 54.8 Å². The van der Waals surface area contributed by atoms with Gasteiger partial charge in [0.15, 0.2) is 21.6 Å². The van der Waals surface area contributed by atoms with Crippen LogP contribution in [0.3, 0.4) is 0 Å². The third-order valence-corrected chi connectivity index (χ3v) is 7.32. The smallest absolute Gasteiger partial charge is 0.266 e. The first kappa shape index (κ1) is 25.4. The SMILES string of the molecule is CS(=O)(=O)c1cccc2sc(N(CCN3CCOCC3)C(=O)COc3ccccc3)nc12.Cl. The Kier molecular flexibility index (Phi) is 8.66. The van der Waals surface area contributed by atoms with Crippen LogP contribution in [0.2, 0.25) is 0 Å². The molecular formula is C22H26ClN3O5S2. The molecule has 0 atom stereocenters. The highest BCUT2D eigenvalue weighted by Gasteiger charge is 2.24. The predicted octanol–water partition coefficient (Wildman–Crippen LogP) is 2.87. The van der Waals surface area contributed by atoms with Crippen molar-refractivity contribution in [3.8, 4) is 5.75 Å². The van der Waals surface area contributed by atoms with E-state index >= 15 is 0 Å². The summed E-state index contributed by atoms with van der Waals surface area (Å²) < 4.78 is 36.2. The van der Waals surface area contributed by atoms with Gasteiger partial charge in [-0.2, -0.15) is 0 Å². The van der Waals surface area contributed by atoms with E-state index in [-0.39, 0.29) is 29.8 Å². The molecule has 1 aromatic heterocycles. The first-order chi connectivity index (χ1) is 15.4. The average molecular weight is 512 g/mol. The molecule has 0 spiro atoms. The summed E-state index contributed by atoms with van der Waals surface area (Å²) in [5.41, 5.74) is 0.392. The number of hydrogen-bond acceptors (Lipinski definition) is 8. The number of fused-ring (bicyclic) bond motifs is 1. The van der Waals surface area contributed by atoms with E-state index in [1.807, 2.05) is 24.3 Å². The summed E-state index contributed by atoms with van der Waals surface area (Å²) in [5, 5.41) is 0.464. The number of sulfone groups is 1. The molecule has 1 saturated heterocycles. The number of anilines is 1. The molecule has 1 aliphatic heterocycles. The Labute approximate surface area is 203 Å². The minimum Gasteiger partial charge on any atom is -0.484 e. The van der Waals surface area contributed by atoms with Gasteiger partial charge in [-0.05, 0) is 24.3 Å². The van der Waals surface area contributed by atoms with Gasteiger partial charge in [0, 0.05) is 32.4 Å². The molecule has 2 aromatic carbocycles. The Morgan fingerprint density at radius 1 is 1.15 bits per heavy atom. The lowest BCUT2D eigenvalue weighted by Gasteiger charge is -2.29. The molecule has 1 fully saturated rings. The van der Waals surface area contributed by atoms with Crippen LogP contribution in [0.15, 0.2) is 53.4 Å². The zero-order valence-corrected chi connectivity index (χ0v) is 20.6. The van der Waals surface area contributed by atoms with Crippen molar-refractivity contribution in [1.29, 1.82) is 0 Å². The number of amides is 1. The van der Waals surface area contributed by atoms with Crippen LogP contribution < -0.4 is 9.64 Å². The number of carbonyl (C=O) groups excluding carboxylic acids is 1. The largest absolute Gasteiger partial charge is 0.484 e. The van der Waals surface area contributed by atoms with E-state index in [2.05, 4.69) is 9.88 Å². The number of rotatable bonds is 8. The second kappa shape index (κ2) is 11.3. The minimum absolute atomic E-state index is 0. The third-order valence-electron chi connectivity index (χ3n) is 5.15. The lowest BCUT2D eigenvalue weighted by molar-refractivity contribution is -0.120. The summed E-state index contributed by atoms with van der Waals surface area (Å²) in [7, 11) is -3.44. The molecule has 1 aliphatic rings. The molecule has 8 nitrogen and oxygen atoms in total. The molecule has 178 valence electrons. The van der Waals surface area contributed by atoms with Crippen LogP contribution >= 0.6 is 23.7 Å². The maximum atomic E-state index is 13.2. The van der Waals surface area contributed by atoms with Gasteiger partial charge in [0.05, 0.1) is 22.8 Å². The summed E-state index contributed by atoms with van der Waals surface area (Å²) in [6.07, 6.45) is 1.16. The highest BCUT2D eigenvalue weighted by atomic mass is 35.5. The van der Waals surface area contributed by atoms with Gasteiger partial charge in [-0.3, -0.25) is 14.6 Å². The second-order valence-corrected chi connectivity index (χ2v) is 10.5. The Morgan fingerprint density at radius 3 is 2.58 bits per heavy atom. The number of ether oxygens (including phenoxy) is 2. The van der Waals surface area contributed by atoms with Crippen molar-refractivity contribution in [2.45, 2.75) is 4.90 Å². The van der Waals surface area contributed by atoms with E-state index in [4.69, 9.17) is 9.47 Å². The number of halogens is 1. The molecule has 1 amide bonds. The standard InChI is InChI=1S/C22H25N3O5S2.ClH/c1-32(27,28)19-9-5-8-18-21(19)23-22(31-18)25(11-10-24-12-14-29-15-13-24)20(26)16-30-17-6-3-2-4-7-17;/h2-9H,10-16H2,1H3;1H. The van der Waals surface area contributed by atoms with Gasteiger partial charge in [-0.25, -0.2) is 13.4 Å². The zero-order valence-electron chi connectivity index (χ0n) is 18.2. The molecule has 4 rings (SSSR count). The Hall–Kier alpha value is -2.24. The highest BCUT2D eigenvalue weighted by molar-refractivity contribution is 7.91. The number of carbonyl (C=O) groups is 1. The predicted molar refractivity (Wildman–Crippen MR) is 132 cm³/mol. The van der Waals surface area contributed by atoms with Crippen LogP contribution in [0.4, 0.5) is 5.13 Å². The number of aromatic nitrogens is 1. The lowest BCUT2D eigenvalue weighted by atomic mass is 10.3. The van der Waals surface area contributed by atoms with Gasteiger partial charge < -0.3 is 9.47 Å². The number of morpholine rings is 1. The van der Waals surface area contributed by atoms with Crippen molar-refractivity contribution < 1.29 is 22.7 Å². The molecule has 2 heterocycles. The fraction of sp³-hybridized carbons (Fsp3) is 0.364. The first-order valence-electron chi connectivity index (χ1n) is 10.3. The van der Waals surface area contributed by atoms with Gasteiger partial charge in [-0.1, -0.05) is 35.6 Å². The van der Waals surface area contributed by atoms with Crippen LogP contribution in [-0.2, 0) is 19.4 Å². The molecular weight excluding hydrogens is 486 g/mol. The van der Waals surface area contributed by atoms with Crippen molar-refractivity contribution in [2.75, 3.05) is 57.2 Å². The number of nitrogens with zero attached hydrogens (tertiary/aromatic N) is 3. The molecule has 0 bridgehead atoms. The monoisotopic (exact) mass is 511 g/mol. The van der Waals surface area contributed by atoms with E-state index in [1.165, 1.54) is 11.3 Å². The molecule has 33 heavy (non-hydrogen) atoms. The van der Waals surface area contributed by atoms with Crippen molar-refractivity contribution in [1.82, 2.24) is 9.88 Å². The molecule has 3 aromatic rings. The van der Waals surface area contributed by atoms with E-state index in [1.54, 1.807) is 29.2 Å². The lowest BCUT2D eigenvalue weighted by Crippen LogP contribution is -2.44. The minimum atomic E-state index is -3.44. The second-order valence-electron chi connectivity index (χ2n) is 7.47. The molecule has 0 unspecified atom stereocenters. The highest BCUT2D eigenvalue weighted by Crippen LogP contribution is 2.32. The quantitative estimate of drug-likeness (QED) is 0.459. The maximum Gasteiger partial charge on any atom is 0.266 e. The summed E-state index contributed by atoms with van der Waals surface area (Å²) in [5.74, 6) is 0.375. The molecule has 0 saturated carbocycles.